The zero-order valence-corrected chi connectivity index (χ0v) is 14.9. The third-order valence-corrected chi connectivity index (χ3v) is 5.02. The van der Waals surface area contributed by atoms with Crippen LogP contribution >= 0.6 is 11.8 Å². The summed E-state index contributed by atoms with van der Waals surface area (Å²) in [6, 6.07) is 7.16. The van der Waals surface area contributed by atoms with Crippen LogP contribution in [0.3, 0.4) is 0 Å². The molecule has 5 nitrogen and oxygen atoms in total. The summed E-state index contributed by atoms with van der Waals surface area (Å²) in [4.78, 5) is 26.3. The smallest absolute Gasteiger partial charge is 0.242 e. The van der Waals surface area contributed by atoms with Crippen molar-refractivity contribution in [3.8, 4) is 5.75 Å². The molecule has 0 bridgehead atoms. The molecule has 23 heavy (non-hydrogen) atoms. The Morgan fingerprint density at radius 1 is 1.35 bits per heavy atom. The van der Waals surface area contributed by atoms with Gasteiger partial charge in [-0.05, 0) is 30.5 Å². The summed E-state index contributed by atoms with van der Waals surface area (Å²) >= 11 is 1.55. The van der Waals surface area contributed by atoms with Gasteiger partial charge in [-0.2, -0.15) is 0 Å². The molecule has 1 fully saturated rings. The van der Waals surface area contributed by atoms with Gasteiger partial charge in [0.05, 0.1) is 12.9 Å². The maximum Gasteiger partial charge on any atom is 0.242 e. The van der Waals surface area contributed by atoms with Crippen LogP contribution in [0, 0.1) is 5.92 Å². The number of hydrogen-bond acceptors (Lipinski definition) is 4. The minimum absolute atomic E-state index is 0.00279. The second-order valence-corrected chi connectivity index (χ2v) is 7.12. The van der Waals surface area contributed by atoms with Gasteiger partial charge in [0.15, 0.2) is 0 Å². The van der Waals surface area contributed by atoms with Crippen LogP contribution in [0.25, 0.3) is 0 Å². The summed E-state index contributed by atoms with van der Waals surface area (Å²) in [5.74, 6) is 1.46. The molecular formula is C17H24N2O3S. The van der Waals surface area contributed by atoms with Crippen molar-refractivity contribution in [3.63, 3.8) is 0 Å². The van der Waals surface area contributed by atoms with Gasteiger partial charge in [-0.25, -0.2) is 0 Å². The Morgan fingerprint density at radius 2 is 2.00 bits per heavy atom. The average Bonchev–Trinajstić information content (AvgIpc) is 2.93. The van der Waals surface area contributed by atoms with Gasteiger partial charge >= 0.3 is 0 Å². The molecule has 2 amide bonds. The summed E-state index contributed by atoms with van der Waals surface area (Å²) < 4.78 is 5.17. The lowest BCUT2D eigenvalue weighted by Gasteiger charge is -2.29. The fourth-order valence-corrected chi connectivity index (χ4v) is 3.72. The highest BCUT2D eigenvalue weighted by Gasteiger charge is 2.38. The van der Waals surface area contributed by atoms with E-state index in [-0.39, 0.29) is 17.2 Å². The van der Waals surface area contributed by atoms with E-state index in [1.807, 2.05) is 38.1 Å². The number of methoxy groups -OCH3 is 1. The van der Waals surface area contributed by atoms with E-state index in [2.05, 4.69) is 5.32 Å². The number of carbonyl (C=O) groups is 2. The Balaban J connectivity index is 2.13. The van der Waals surface area contributed by atoms with E-state index in [0.717, 1.165) is 11.3 Å². The van der Waals surface area contributed by atoms with Crippen molar-refractivity contribution >= 4 is 23.6 Å². The molecule has 1 saturated heterocycles. The van der Waals surface area contributed by atoms with Crippen LogP contribution < -0.4 is 10.1 Å². The maximum atomic E-state index is 12.3. The number of amides is 2. The Kier molecular flexibility index (Phi) is 5.93. The van der Waals surface area contributed by atoms with E-state index in [1.165, 1.54) is 0 Å². The number of ether oxygens (including phenoxy) is 1. The molecule has 1 aliphatic heterocycles. The van der Waals surface area contributed by atoms with Crippen LogP contribution in [-0.2, 0) is 9.59 Å². The van der Waals surface area contributed by atoms with Crippen molar-refractivity contribution in [3.05, 3.63) is 29.8 Å². The number of carbonyl (C=O) groups excluding carboxylic acids is 2. The minimum atomic E-state index is -0.483. The Labute approximate surface area is 141 Å². The monoisotopic (exact) mass is 336 g/mol. The van der Waals surface area contributed by atoms with Gasteiger partial charge in [-0.1, -0.05) is 26.0 Å². The molecule has 0 aliphatic carbocycles. The molecule has 1 aromatic rings. The van der Waals surface area contributed by atoms with Crippen LogP contribution in [0.4, 0.5) is 0 Å². The topological polar surface area (TPSA) is 58.6 Å². The van der Waals surface area contributed by atoms with E-state index in [4.69, 9.17) is 4.74 Å². The van der Waals surface area contributed by atoms with E-state index in [9.17, 15) is 9.59 Å². The fraction of sp³-hybridized carbons (Fsp3) is 0.529. The Hall–Kier alpha value is -1.69. The van der Waals surface area contributed by atoms with Crippen LogP contribution in [0.15, 0.2) is 24.3 Å². The number of thioether (sulfide) groups is 1. The van der Waals surface area contributed by atoms with Crippen molar-refractivity contribution < 1.29 is 14.3 Å². The molecule has 2 rings (SSSR count). The molecule has 1 aliphatic rings. The maximum absolute atomic E-state index is 12.3. The molecule has 2 atom stereocenters. The molecule has 0 saturated carbocycles. The molecule has 0 unspecified atom stereocenters. The molecule has 126 valence electrons. The average molecular weight is 336 g/mol. The Morgan fingerprint density at radius 3 is 2.57 bits per heavy atom. The molecule has 1 N–H and O–H groups in total. The predicted molar refractivity (Wildman–Crippen MR) is 92.3 cm³/mol. The molecule has 0 spiro atoms. The fourth-order valence-electron chi connectivity index (χ4n) is 2.46. The number of nitrogens with zero attached hydrogens (tertiary/aromatic N) is 1. The highest BCUT2D eigenvalue weighted by atomic mass is 32.2. The van der Waals surface area contributed by atoms with Gasteiger partial charge in [0.2, 0.25) is 11.8 Å². The SMILES string of the molecule is COc1ccc([C@@H]2SCC(=O)N2[C@H](C)C(=O)NCC(C)C)cc1. The van der Waals surface area contributed by atoms with Gasteiger partial charge in [0.1, 0.15) is 17.2 Å². The third kappa shape index (κ3) is 4.19. The highest BCUT2D eigenvalue weighted by Crippen LogP contribution is 2.40. The van der Waals surface area contributed by atoms with E-state index >= 15 is 0 Å². The molecule has 0 aromatic heterocycles. The highest BCUT2D eigenvalue weighted by molar-refractivity contribution is 8.00. The zero-order valence-electron chi connectivity index (χ0n) is 14.0. The van der Waals surface area contributed by atoms with Crippen LogP contribution in [0.5, 0.6) is 5.75 Å². The summed E-state index contributed by atoms with van der Waals surface area (Å²) in [5.41, 5.74) is 1.00. The van der Waals surface area contributed by atoms with E-state index in [1.54, 1.807) is 30.7 Å². The van der Waals surface area contributed by atoms with Gasteiger partial charge in [0.25, 0.3) is 0 Å². The first kappa shape index (κ1) is 17.7. The number of rotatable bonds is 6. The summed E-state index contributed by atoms with van der Waals surface area (Å²) in [6.45, 7) is 6.49. The second-order valence-electron chi connectivity index (χ2n) is 6.05. The van der Waals surface area contributed by atoms with Gasteiger partial charge in [-0.3, -0.25) is 9.59 Å². The molecule has 1 aromatic carbocycles. The second kappa shape index (κ2) is 7.73. The van der Waals surface area contributed by atoms with Crippen molar-refractivity contribution in [2.45, 2.75) is 32.2 Å². The van der Waals surface area contributed by atoms with Crippen molar-refractivity contribution in [1.29, 1.82) is 0 Å². The molecular weight excluding hydrogens is 312 g/mol. The lowest BCUT2D eigenvalue weighted by atomic mass is 10.1. The normalized spacial score (nSPS) is 19.1. The lowest BCUT2D eigenvalue weighted by Crippen LogP contribution is -2.47. The number of nitrogens with one attached hydrogen (secondary N) is 1. The van der Waals surface area contributed by atoms with E-state index in [0.29, 0.717) is 18.2 Å². The van der Waals surface area contributed by atoms with Crippen LogP contribution in [-0.4, -0.2) is 42.2 Å². The van der Waals surface area contributed by atoms with E-state index < -0.39 is 6.04 Å². The van der Waals surface area contributed by atoms with Gasteiger partial charge in [-0.15, -0.1) is 11.8 Å². The molecule has 6 heteroatoms. The summed E-state index contributed by atoms with van der Waals surface area (Å²) in [5, 5.41) is 2.78. The predicted octanol–water partition coefficient (Wildman–Crippen LogP) is 2.43. The minimum Gasteiger partial charge on any atom is -0.497 e. The van der Waals surface area contributed by atoms with Crippen molar-refractivity contribution in [1.82, 2.24) is 10.2 Å². The first-order chi connectivity index (χ1) is 10.9. The lowest BCUT2D eigenvalue weighted by molar-refractivity contribution is -0.137. The quantitative estimate of drug-likeness (QED) is 0.867. The largest absolute Gasteiger partial charge is 0.497 e. The van der Waals surface area contributed by atoms with Crippen LogP contribution in [0.1, 0.15) is 31.7 Å². The zero-order chi connectivity index (χ0) is 17.0. The van der Waals surface area contributed by atoms with Gasteiger partial charge < -0.3 is 15.0 Å². The summed E-state index contributed by atoms with van der Waals surface area (Å²) in [7, 11) is 1.62. The van der Waals surface area contributed by atoms with Crippen molar-refractivity contribution in [2.75, 3.05) is 19.4 Å². The molecule has 0 radical (unpaired) electrons. The van der Waals surface area contributed by atoms with Crippen molar-refractivity contribution in [2.24, 2.45) is 5.92 Å². The van der Waals surface area contributed by atoms with Crippen LogP contribution in [0.2, 0.25) is 0 Å². The number of hydrogen-bond donors (Lipinski definition) is 1. The first-order valence-electron chi connectivity index (χ1n) is 7.78. The first-order valence-corrected chi connectivity index (χ1v) is 8.83. The third-order valence-electron chi connectivity index (χ3n) is 3.79. The Bertz CT molecular complexity index is 559. The van der Waals surface area contributed by atoms with Gasteiger partial charge in [0, 0.05) is 6.54 Å². The molecule has 1 heterocycles. The standard InChI is InChI=1S/C17H24N2O3S/c1-11(2)9-18-16(21)12(3)19-15(20)10-23-17(19)13-5-7-14(22-4)8-6-13/h5-8,11-12,17H,9-10H2,1-4H3,(H,18,21)/t12-,17+/m1/s1. The summed E-state index contributed by atoms with van der Waals surface area (Å²) in [6.07, 6.45) is 0. The number of benzene rings is 1.